The molecule has 3 aromatic carbocycles. The second-order valence-corrected chi connectivity index (χ2v) is 5.79. The van der Waals surface area contributed by atoms with Crippen LogP contribution in [0.2, 0.25) is 0 Å². The molecule has 26 heavy (non-hydrogen) atoms. The van der Waals surface area contributed by atoms with Crippen molar-refractivity contribution in [3.05, 3.63) is 89.7 Å². The summed E-state index contributed by atoms with van der Waals surface area (Å²) in [6, 6.07) is 20.7. The average molecular weight is 351 g/mol. The molecule has 2 N–H and O–H groups in total. The highest BCUT2D eigenvalue weighted by molar-refractivity contribution is 5.86. The normalized spacial score (nSPS) is 11.7. The van der Waals surface area contributed by atoms with Gasteiger partial charge in [-0.1, -0.05) is 54.6 Å². The highest BCUT2D eigenvalue weighted by Gasteiger charge is 2.22. The second kappa shape index (κ2) is 7.80. The molecule has 0 spiro atoms. The van der Waals surface area contributed by atoms with Crippen molar-refractivity contribution in [1.29, 1.82) is 0 Å². The van der Waals surface area contributed by atoms with Gasteiger partial charge in [-0.05, 0) is 34.9 Å². The summed E-state index contributed by atoms with van der Waals surface area (Å²) >= 11 is 0. The summed E-state index contributed by atoms with van der Waals surface area (Å²) in [7, 11) is 1.53. The highest BCUT2D eigenvalue weighted by Crippen LogP contribution is 2.32. The zero-order valence-corrected chi connectivity index (χ0v) is 14.1. The van der Waals surface area contributed by atoms with Crippen molar-refractivity contribution < 1.29 is 19.1 Å². The van der Waals surface area contributed by atoms with Crippen molar-refractivity contribution in [3.8, 4) is 16.9 Å². The van der Waals surface area contributed by atoms with E-state index in [0.717, 1.165) is 11.1 Å². The number of methoxy groups -OCH3 is 1. The first-order valence-corrected chi connectivity index (χ1v) is 8.07. The van der Waals surface area contributed by atoms with E-state index in [9.17, 15) is 9.18 Å². The Hall–Kier alpha value is -3.18. The van der Waals surface area contributed by atoms with E-state index in [1.807, 2.05) is 30.3 Å². The molecule has 3 rings (SSSR count). The van der Waals surface area contributed by atoms with E-state index in [2.05, 4.69) is 0 Å². The molecule has 5 heteroatoms. The van der Waals surface area contributed by atoms with Gasteiger partial charge in [0.25, 0.3) is 5.91 Å². The molecular formula is C21H18FNO3. The minimum atomic E-state index is -0.648. The van der Waals surface area contributed by atoms with Gasteiger partial charge in [0.2, 0.25) is 0 Å². The molecule has 0 bridgehead atoms. The third-order valence-electron chi connectivity index (χ3n) is 4.22. The minimum Gasteiger partial charge on any atom is -0.496 e. The fourth-order valence-electron chi connectivity index (χ4n) is 2.97. The lowest BCUT2D eigenvalue weighted by molar-refractivity contribution is -0.129. The first kappa shape index (κ1) is 17.6. The number of hydrogen-bond donors (Lipinski definition) is 2. The van der Waals surface area contributed by atoms with Crippen LogP contribution in [0.4, 0.5) is 4.39 Å². The minimum absolute atomic E-state index is 0.355. The van der Waals surface area contributed by atoms with Gasteiger partial charge in [-0.3, -0.25) is 10.0 Å². The highest BCUT2D eigenvalue weighted by atomic mass is 19.1. The third-order valence-corrected chi connectivity index (χ3v) is 4.22. The van der Waals surface area contributed by atoms with Gasteiger partial charge in [0.15, 0.2) is 0 Å². The Morgan fingerprint density at radius 2 is 1.65 bits per heavy atom. The second-order valence-electron chi connectivity index (χ2n) is 5.79. The SMILES string of the molecule is COc1ccc(F)cc1-c1ccc(C(C(=O)NO)c2ccccc2)cc1. The molecule has 1 unspecified atom stereocenters. The van der Waals surface area contributed by atoms with Gasteiger partial charge in [-0.15, -0.1) is 0 Å². The lowest BCUT2D eigenvalue weighted by Crippen LogP contribution is -2.27. The van der Waals surface area contributed by atoms with Crippen LogP contribution in [0.1, 0.15) is 17.0 Å². The summed E-state index contributed by atoms with van der Waals surface area (Å²) in [5, 5.41) is 9.10. The van der Waals surface area contributed by atoms with Crippen molar-refractivity contribution in [1.82, 2.24) is 5.48 Å². The van der Waals surface area contributed by atoms with E-state index in [1.165, 1.54) is 19.2 Å². The molecule has 0 radical (unpaired) electrons. The lowest BCUT2D eigenvalue weighted by Gasteiger charge is -2.16. The van der Waals surface area contributed by atoms with E-state index in [1.54, 1.807) is 35.8 Å². The number of halogens is 1. The molecule has 0 aliphatic rings. The zero-order valence-electron chi connectivity index (χ0n) is 14.1. The maximum atomic E-state index is 13.6. The van der Waals surface area contributed by atoms with Crippen molar-refractivity contribution in [3.63, 3.8) is 0 Å². The van der Waals surface area contributed by atoms with E-state index in [-0.39, 0.29) is 5.82 Å². The van der Waals surface area contributed by atoms with Gasteiger partial charge in [0.1, 0.15) is 11.6 Å². The van der Waals surface area contributed by atoms with Gasteiger partial charge in [0, 0.05) is 5.56 Å². The van der Waals surface area contributed by atoms with Crippen molar-refractivity contribution in [2.75, 3.05) is 7.11 Å². The van der Waals surface area contributed by atoms with Crippen LogP contribution in [-0.4, -0.2) is 18.2 Å². The number of hydroxylamine groups is 1. The molecule has 1 amide bonds. The number of nitrogens with one attached hydrogen (secondary N) is 1. The molecule has 1 atom stereocenters. The van der Waals surface area contributed by atoms with Gasteiger partial charge >= 0.3 is 0 Å². The fraction of sp³-hybridized carbons (Fsp3) is 0.0952. The molecule has 0 saturated carbocycles. The molecule has 4 nitrogen and oxygen atoms in total. The molecule has 0 aliphatic carbocycles. The summed E-state index contributed by atoms with van der Waals surface area (Å²) in [4.78, 5) is 12.2. The summed E-state index contributed by atoms with van der Waals surface area (Å²) < 4.78 is 18.9. The standard InChI is InChI=1S/C21H18FNO3/c1-26-19-12-11-17(22)13-18(19)14-7-9-16(10-8-14)20(21(24)23-25)15-5-3-2-4-6-15/h2-13,20,25H,1H3,(H,23,24). The number of ether oxygens (including phenoxy) is 1. The Morgan fingerprint density at radius 1 is 1.00 bits per heavy atom. The number of hydrogen-bond acceptors (Lipinski definition) is 3. The molecule has 3 aromatic rings. The van der Waals surface area contributed by atoms with Crippen molar-refractivity contribution in [2.24, 2.45) is 0 Å². The molecule has 0 aromatic heterocycles. The Kier molecular flexibility index (Phi) is 5.29. The Bertz CT molecular complexity index is 895. The van der Waals surface area contributed by atoms with Crippen LogP contribution in [0.25, 0.3) is 11.1 Å². The van der Waals surface area contributed by atoms with Crippen LogP contribution < -0.4 is 10.2 Å². The van der Waals surface area contributed by atoms with Gasteiger partial charge < -0.3 is 4.74 Å². The number of carbonyl (C=O) groups is 1. The van der Waals surface area contributed by atoms with E-state index in [4.69, 9.17) is 9.94 Å². The fourth-order valence-corrected chi connectivity index (χ4v) is 2.97. The van der Waals surface area contributed by atoms with Crippen LogP contribution >= 0.6 is 0 Å². The van der Waals surface area contributed by atoms with Crippen molar-refractivity contribution in [2.45, 2.75) is 5.92 Å². The van der Waals surface area contributed by atoms with E-state index >= 15 is 0 Å². The molecule has 0 fully saturated rings. The van der Waals surface area contributed by atoms with Crippen LogP contribution in [0, 0.1) is 5.82 Å². The topological polar surface area (TPSA) is 58.6 Å². The quantitative estimate of drug-likeness (QED) is 0.537. The van der Waals surface area contributed by atoms with Crippen molar-refractivity contribution >= 4 is 5.91 Å². The van der Waals surface area contributed by atoms with Crippen LogP contribution in [0.15, 0.2) is 72.8 Å². The average Bonchev–Trinajstić information content (AvgIpc) is 2.69. The first-order chi connectivity index (χ1) is 12.6. The molecule has 0 heterocycles. The summed E-state index contributed by atoms with van der Waals surface area (Å²) in [6.07, 6.45) is 0. The molecule has 132 valence electrons. The molecule has 0 saturated heterocycles. The van der Waals surface area contributed by atoms with Crippen LogP contribution in [-0.2, 0) is 4.79 Å². The van der Waals surface area contributed by atoms with E-state index < -0.39 is 11.8 Å². The van der Waals surface area contributed by atoms with Gasteiger partial charge in [-0.2, -0.15) is 0 Å². The third kappa shape index (κ3) is 3.58. The van der Waals surface area contributed by atoms with E-state index in [0.29, 0.717) is 16.9 Å². The predicted molar refractivity (Wildman–Crippen MR) is 96.6 cm³/mol. The Morgan fingerprint density at radius 3 is 2.27 bits per heavy atom. The monoisotopic (exact) mass is 351 g/mol. The maximum Gasteiger partial charge on any atom is 0.255 e. The zero-order chi connectivity index (χ0) is 18.5. The molecular weight excluding hydrogens is 333 g/mol. The largest absolute Gasteiger partial charge is 0.496 e. The summed E-state index contributed by atoms with van der Waals surface area (Å²) in [5.74, 6) is -0.963. The van der Waals surface area contributed by atoms with Crippen LogP contribution in [0.3, 0.4) is 0 Å². The molecule has 0 aliphatic heterocycles. The smallest absolute Gasteiger partial charge is 0.255 e. The first-order valence-electron chi connectivity index (χ1n) is 8.07. The van der Waals surface area contributed by atoms with Gasteiger partial charge in [0.05, 0.1) is 13.0 Å². The Balaban J connectivity index is 2.00. The maximum absolute atomic E-state index is 13.6. The summed E-state index contributed by atoms with van der Waals surface area (Å²) in [5.41, 5.74) is 4.59. The predicted octanol–water partition coefficient (Wildman–Crippen LogP) is 4.14. The number of rotatable bonds is 5. The van der Waals surface area contributed by atoms with Crippen LogP contribution in [0.5, 0.6) is 5.75 Å². The lowest BCUT2D eigenvalue weighted by atomic mass is 9.89. The Labute approximate surface area is 150 Å². The van der Waals surface area contributed by atoms with Gasteiger partial charge in [-0.25, -0.2) is 9.87 Å². The number of benzene rings is 3. The number of carbonyl (C=O) groups excluding carboxylic acids is 1. The summed E-state index contributed by atoms with van der Waals surface area (Å²) in [6.45, 7) is 0. The number of amides is 1.